The molecule has 0 aromatic heterocycles. The molecule has 0 heterocycles. The summed E-state index contributed by atoms with van der Waals surface area (Å²) in [4.78, 5) is 12.3. The first-order valence-electron chi connectivity index (χ1n) is 6.64. The molecule has 0 saturated heterocycles. The Kier molecular flexibility index (Phi) is 5.57. The van der Waals surface area contributed by atoms with E-state index in [4.69, 9.17) is 10.00 Å². The number of Topliss-reactive ketones (excluding diaryl/α,β-unsaturated/α-hetero) is 1. The maximum atomic E-state index is 12.3. The lowest BCUT2D eigenvalue weighted by molar-refractivity contribution is 0.0936. The number of nitriles is 1. The van der Waals surface area contributed by atoms with Crippen LogP contribution in [0.4, 0.5) is 0 Å². The Morgan fingerprint density at radius 3 is 2.53 bits per heavy atom. The van der Waals surface area contributed by atoms with Gasteiger partial charge in [-0.1, -0.05) is 26.0 Å². The number of hydrogen-bond donors (Lipinski definition) is 0. The van der Waals surface area contributed by atoms with E-state index in [0.717, 1.165) is 0 Å². The van der Waals surface area contributed by atoms with Gasteiger partial charge >= 0.3 is 0 Å². The number of rotatable bonds is 6. The molecule has 0 bridgehead atoms. The molecular weight excluding hydrogens is 238 g/mol. The van der Waals surface area contributed by atoms with Gasteiger partial charge in [-0.25, -0.2) is 0 Å². The molecule has 0 aliphatic carbocycles. The Hall–Kier alpha value is -1.82. The summed E-state index contributed by atoms with van der Waals surface area (Å²) in [5.41, 5.74) is 0.547. The maximum absolute atomic E-state index is 12.3. The quantitative estimate of drug-likeness (QED) is 0.729. The lowest BCUT2D eigenvalue weighted by atomic mass is 9.91. The van der Waals surface area contributed by atoms with E-state index in [-0.39, 0.29) is 11.9 Å². The van der Waals surface area contributed by atoms with Crippen LogP contribution in [0.25, 0.3) is 0 Å². The van der Waals surface area contributed by atoms with Gasteiger partial charge < -0.3 is 4.74 Å². The molecule has 1 unspecified atom stereocenters. The first kappa shape index (κ1) is 15.2. The molecule has 1 rings (SSSR count). The summed E-state index contributed by atoms with van der Waals surface area (Å²) in [6, 6.07) is 9.16. The van der Waals surface area contributed by atoms with Crippen LogP contribution < -0.4 is 4.74 Å². The number of hydrogen-bond acceptors (Lipinski definition) is 3. The highest BCUT2D eigenvalue weighted by Crippen LogP contribution is 2.20. The highest BCUT2D eigenvalue weighted by Gasteiger charge is 2.21. The molecule has 0 fully saturated rings. The molecule has 0 amide bonds. The number of carbonyl (C=O) groups is 1. The van der Waals surface area contributed by atoms with E-state index in [1.165, 1.54) is 0 Å². The van der Waals surface area contributed by atoms with Gasteiger partial charge in [0.15, 0.2) is 5.78 Å². The van der Waals surface area contributed by atoms with E-state index in [0.29, 0.717) is 23.7 Å². The Bertz CT molecular complexity index is 472. The van der Waals surface area contributed by atoms with E-state index >= 15 is 0 Å². The third kappa shape index (κ3) is 4.75. The van der Waals surface area contributed by atoms with Crippen LogP contribution in [0.3, 0.4) is 0 Å². The van der Waals surface area contributed by atoms with Crippen LogP contribution >= 0.6 is 0 Å². The standard InChI is InChI=1S/C16H21NO2/c1-11(2)8-14(10-17)16(18)13-6-5-7-15(9-13)19-12(3)4/h5-7,9,11-12,14H,8H2,1-4H3. The third-order valence-corrected chi connectivity index (χ3v) is 2.67. The molecule has 1 aromatic carbocycles. The van der Waals surface area contributed by atoms with Crippen LogP contribution in [0.15, 0.2) is 24.3 Å². The SMILES string of the molecule is CC(C)CC(C#N)C(=O)c1cccc(OC(C)C)c1. The predicted octanol–water partition coefficient (Wildman–Crippen LogP) is 3.84. The highest BCUT2D eigenvalue weighted by molar-refractivity contribution is 5.99. The van der Waals surface area contributed by atoms with E-state index in [1.54, 1.807) is 18.2 Å². The molecule has 0 radical (unpaired) electrons. The predicted molar refractivity (Wildman–Crippen MR) is 75.1 cm³/mol. The fraction of sp³-hybridized carbons (Fsp3) is 0.500. The molecule has 0 aliphatic rings. The summed E-state index contributed by atoms with van der Waals surface area (Å²) >= 11 is 0. The van der Waals surface area contributed by atoms with Gasteiger partial charge in [0.2, 0.25) is 0 Å². The van der Waals surface area contributed by atoms with Crippen molar-refractivity contribution in [3.05, 3.63) is 29.8 Å². The van der Waals surface area contributed by atoms with Crippen LogP contribution in [-0.2, 0) is 0 Å². The minimum atomic E-state index is -0.575. The Morgan fingerprint density at radius 1 is 1.32 bits per heavy atom. The summed E-state index contributed by atoms with van der Waals surface area (Å²) < 4.78 is 5.56. The zero-order valence-corrected chi connectivity index (χ0v) is 12.0. The topological polar surface area (TPSA) is 50.1 Å². The maximum Gasteiger partial charge on any atom is 0.180 e. The zero-order chi connectivity index (χ0) is 14.4. The molecule has 0 aliphatic heterocycles. The zero-order valence-electron chi connectivity index (χ0n) is 12.0. The van der Waals surface area contributed by atoms with Crippen LogP contribution in [0.2, 0.25) is 0 Å². The molecule has 0 saturated carbocycles. The van der Waals surface area contributed by atoms with Gasteiger partial charge in [-0.05, 0) is 38.3 Å². The second-order valence-electron chi connectivity index (χ2n) is 5.37. The largest absolute Gasteiger partial charge is 0.491 e. The van der Waals surface area contributed by atoms with Crippen LogP contribution in [-0.4, -0.2) is 11.9 Å². The Labute approximate surface area is 115 Å². The van der Waals surface area contributed by atoms with Gasteiger partial charge in [-0.15, -0.1) is 0 Å². The monoisotopic (exact) mass is 259 g/mol. The van der Waals surface area contributed by atoms with E-state index in [2.05, 4.69) is 6.07 Å². The van der Waals surface area contributed by atoms with Gasteiger partial charge in [0.1, 0.15) is 11.7 Å². The van der Waals surface area contributed by atoms with Gasteiger partial charge in [-0.2, -0.15) is 5.26 Å². The Balaban J connectivity index is 2.90. The smallest absolute Gasteiger partial charge is 0.180 e. The lowest BCUT2D eigenvalue weighted by Crippen LogP contribution is -2.15. The summed E-state index contributed by atoms with van der Waals surface area (Å²) in [6.45, 7) is 7.89. The van der Waals surface area contributed by atoms with Gasteiger partial charge in [0, 0.05) is 5.56 Å². The van der Waals surface area contributed by atoms with Crippen molar-refractivity contribution in [2.24, 2.45) is 11.8 Å². The van der Waals surface area contributed by atoms with Gasteiger partial charge in [0.25, 0.3) is 0 Å². The van der Waals surface area contributed by atoms with Crippen LogP contribution in [0.5, 0.6) is 5.75 Å². The lowest BCUT2D eigenvalue weighted by Gasteiger charge is -2.13. The molecule has 1 atom stereocenters. The Morgan fingerprint density at radius 2 is 2.00 bits per heavy atom. The second kappa shape index (κ2) is 6.94. The molecule has 102 valence electrons. The van der Waals surface area contributed by atoms with Crippen molar-refractivity contribution in [1.29, 1.82) is 5.26 Å². The number of carbonyl (C=O) groups excluding carboxylic acids is 1. The van der Waals surface area contributed by atoms with E-state index in [9.17, 15) is 4.79 Å². The first-order valence-corrected chi connectivity index (χ1v) is 6.64. The second-order valence-corrected chi connectivity index (χ2v) is 5.37. The minimum Gasteiger partial charge on any atom is -0.491 e. The van der Waals surface area contributed by atoms with Crippen molar-refractivity contribution in [2.45, 2.75) is 40.2 Å². The summed E-state index contributed by atoms with van der Waals surface area (Å²) in [6.07, 6.45) is 0.651. The van der Waals surface area contributed by atoms with Crippen LogP contribution in [0, 0.1) is 23.2 Å². The molecule has 0 N–H and O–H groups in total. The van der Waals surface area contributed by atoms with Gasteiger partial charge in [-0.3, -0.25) is 4.79 Å². The summed E-state index contributed by atoms with van der Waals surface area (Å²) in [5, 5.41) is 9.12. The molecule has 3 heteroatoms. The molecule has 19 heavy (non-hydrogen) atoms. The molecular formula is C16H21NO2. The average molecular weight is 259 g/mol. The first-order chi connectivity index (χ1) is 8.93. The number of ketones is 1. The van der Waals surface area contributed by atoms with Gasteiger partial charge in [0.05, 0.1) is 12.2 Å². The van der Waals surface area contributed by atoms with Crippen LogP contribution in [0.1, 0.15) is 44.5 Å². The molecule has 1 aromatic rings. The average Bonchev–Trinajstić information content (AvgIpc) is 2.34. The summed E-state index contributed by atoms with van der Waals surface area (Å²) in [5.74, 6) is 0.297. The number of ether oxygens (including phenoxy) is 1. The third-order valence-electron chi connectivity index (χ3n) is 2.67. The molecule has 3 nitrogen and oxygen atoms in total. The fourth-order valence-electron chi connectivity index (χ4n) is 1.89. The molecule has 0 spiro atoms. The van der Waals surface area contributed by atoms with Crippen molar-refractivity contribution in [3.63, 3.8) is 0 Å². The van der Waals surface area contributed by atoms with Crippen molar-refractivity contribution >= 4 is 5.78 Å². The highest BCUT2D eigenvalue weighted by atomic mass is 16.5. The van der Waals surface area contributed by atoms with Crippen molar-refractivity contribution in [3.8, 4) is 11.8 Å². The number of benzene rings is 1. The fourth-order valence-corrected chi connectivity index (χ4v) is 1.89. The van der Waals surface area contributed by atoms with Crippen molar-refractivity contribution < 1.29 is 9.53 Å². The van der Waals surface area contributed by atoms with E-state index in [1.807, 2.05) is 33.8 Å². The normalized spacial score (nSPS) is 12.3. The van der Waals surface area contributed by atoms with Crippen molar-refractivity contribution in [1.82, 2.24) is 0 Å². The van der Waals surface area contributed by atoms with Crippen molar-refractivity contribution in [2.75, 3.05) is 0 Å². The van der Waals surface area contributed by atoms with E-state index < -0.39 is 5.92 Å². The summed E-state index contributed by atoms with van der Waals surface area (Å²) in [7, 11) is 0. The minimum absolute atomic E-state index is 0.0628. The number of nitrogens with zero attached hydrogens (tertiary/aromatic N) is 1.